The molecule has 0 aliphatic carbocycles. The van der Waals surface area contributed by atoms with E-state index in [1.807, 2.05) is 25.1 Å². The second kappa shape index (κ2) is 9.35. The highest BCUT2D eigenvalue weighted by Gasteiger charge is 2.14. The number of ether oxygens (including phenoxy) is 2. The normalized spacial score (nSPS) is 11.0. The Labute approximate surface area is 158 Å². The summed E-state index contributed by atoms with van der Waals surface area (Å²) in [6, 6.07) is 12.2. The van der Waals surface area contributed by atoms with E-state index in [0.29, 0.717) is 12.5 Å². The molecule has 0 aromatic heterocycles. The zero-order valence-electron chi connectivity index (χ0n) is 16.0. The molecule has 0 spiro atoms. The SMILES string of the molecule is Cc1ccc(C(C)C)c(OCC(=O)N(C)Cc2ccc(OC(F)F)cc2)c1. The molecule has 1 amide bonds. The maximum absolute atomic E-state index is 12.4. The minimum absolute atomic E-state index is 0.0632. The summed E-state index contributed by atoms with van der Waals surface area (Å²) in [6.07, 6.45) is 0. The van der Waals surface area contributed by atoms with Crippen molar-refractivity contribution in [3.8, 4) is 11.5 Å². The third-order valence-electron chi connectivity index (χ3n) is 4.14. The minimum Gasteiger partial charge on any atom is -0.483 e. The van der Waals surface area contributed by atoms with Crippen molar-refractivity contribution >= 4 is 5.91 Å². The van der Waals surface area contributed by atoms with Crippen LogP contribution in [0.1, 0.15) is 36.5 Å². The van der Waals surface area contributed by atoms with Gasteiger partial charge in [-0.25, -0.2) is 0 Å². The fourth-order valence-electron chi connectivity index (χ4n) is 2.63. The van der Waals surface area contributed by atoms with Crippen molar-refractivity contribution in [2.45, 2.75) is 39.8 Å². The summed E-state index contributed by atoms with van der Waals surface area (Å²) in [5.41, 5.74) is 2.94. The fourth-order valence-corrected chi connectivity index (χ4v) is 2.63. The van der Waals surface area contributed by atoms with Gasteiger partial charge in [-0.2, -0.15) is 8.78 Å². The zero-order valence-corrected chi connectivity index (χ0v) is 16.0. The van der Waals surface area contributed by atoms with Crippen molar-refractivity contribution in [1.29, 1.82) is 0 Å². The molecule has 2 rings (SSSR count). The molecule has 0 bridgehead atoms. The highest BCUT2D eigenvalue weighted by atomic mass is 19.3. The van der Waals surface area contributed by atoms with Gasteiger partial charge >= 0.3 is 6.61 Å². The first-order valence-electron chi connectivity index (χ1n) is 8.77. The van der Waals surface area contributed by atoms with Gasteiger partial charge in [0.2, 0.25) is 0 Å². The lowest BCUT2D eigenvalue weighted by Crippen LogP contribution is -2.31. The van der Waals surface area contributed by atoms with E-state index >= 15 is 0 Å². The van der Waals surface area contributed by atoms with Crippen LogP contribution < -0.4 is 9.47 Å². The maximum atomic E-state index is 12.4. The molecule has 4 nitrogen and oxygen atoms in total. The van der Waals surface area contributed by atoms with Crippen LogP contribution in [0.2, 0.25) is 0 Å². The molecule has 146 valence electrons. The Morgan fingerprint density at radius 1 is 1.11 bits per heavy atom. The van der Waals surface area contributed by atoms with Gasteiger partial charge in [-0.05, 0) is 47.7 Å². The molecular weight excluding hydrogens is 352 g/mol. The number of hydrogen-bond acceptors (Lipinski definition) is 3. The molecule has 0 aliphatic rings. The smallest absolute Gasteiger partial charge is 0.387 e. The summed E-state index contributed by atoms with van der Waals surface area (Å²) in [5, 5.41) is 0. The van der Waals surface area contributed by atoms with Gasteiger partial charge in [-0.15, -0.1) is 0 Å². The number of carbonyl (C=O) groups excluding carboxylic acids is 1. The number of likely N-dealkylation sites (N-methyl/N-ethyl adjacent to an activating group) is 1. The van der Waals surface area contributed by atoms with E-state index < -0.39 is 6.61 Å². The maximum Gasteiger partial charge on any atom is 0.387 e. The quantitative estimate of drug-likeness (QED) is 0.666. The lowest BCUT2D eigenvalue weighted by Gasteiger charge is -2.19. The second-order valence-electron chi connectivity index (χ2n) is 6.76. The number of benzene rings is 2. The minimum atomic E-state index is -2.85. The van der Waals surface area contributed by atoms with E-state index in [9.17, 15) is 13.6 Å². The molecule has 0 aliphatic heterocycles. The third kappa shape index (κ3) is 6.24. The van der Waals surface area contributed by atoms with Crippen LogP contribution in [-0.2, 0) is 11.3 Å². The Balaban J connectivity index is 1.93. The van der Waals surface area contributed by atoms with Gasteiger partial charge in [0.15, 0.2) is 6.61 Å². The summed E-state index contributed by atoms with van der Waals surface area (Å²) in [4.78, 5) is 13.9. The average Bonchev–Trinajstić information content (AvgIpc) is 2.60. The zero-order chi connectivity index (χ0) is 20.0. The molecule has 0 saturated carbocycles. The number of hydrogen-bond donors (Lipinski definition) is 0. The molecule has 0 fully saturated rings. The first-order chi connectivity index (χ1) is 12.8. The van der Waals surface area contributed by atoms with Crippen LogP contribution in [0.4, 0.5) is 8.78 Å². The van der Waals surface area contributed by atoms with Gasteiger partial charge < -0.3 is 14.4 Å². The molecule has 27 heavy (non-hydrogen) atoms. The van der Waals surface area contributed by atoms with Gasteiger partial charge in [-0.3, -0.25) is 4.79 Å². The predicted octanol–water partition coefficient (Wildman–Crippen LogP) is 4.76. The number of nitrogens with zero attached hydrogens (tertiary/aromatic N) is 1. The standard InChI is InChI=1S/C21H25F2NO3/c1-14(2)18-10-5-15(3)11-19(18)26-13-20(25)24(4)12-16-6-8-17(9-7-16)27-21(22)23/h5-11,14,21H,12-13H2,1-4H3. The molecule has 0 heterocycles. The lowest BCUT2D eigenvalue weighted by molar-refractivity contribution is -0.132. The number of aryl methyl sites for hydroxylation is 1. The molecule has 0 radical (unpaired) electrons. The van der Waals surface area contributed by atoms with Gasteiger partial charge in [0.25, 0.3) is 5.91 Å². The van der Waals surface area contributed by atoms with Gasteiger partial charge in [0, 0.05) is 13.6 Å². The number of carbonyl (C=O) groups is 1. The first-order valence-corrected chi connectivity index (χ1v) is 8.77. The Morgan fingerprint density at radius 3 is 2.37 bits per heavy atom. The van der Waals surface area contributed by atoms with Crippen LogP contribution in [0.3, 0.4) is 0 Å². The number of rotatable bonds is 8. The molecular formula is C21H25F2NO3. The molecule has 0 saturated heterocycles. The number of alkyl halides is 2. The van der Waals surface area contributed by atoms with Gasteiger partial charge in [-0.1, -0.05) is 38.1 Å². The summed E-state index contributed by atoms with van der Waals surface area (Å²) in [6.45, 7) is 3.56. The van der Waals surface area contributed by atoms with Crippen LogP contribution in [0, 0.1) is 6.92 Å². The van der Waals surface area contributed by atoms with E-state index in [-0.39, 0.29) is 18.3 Å². The first kappa shape index (κ1) is 20.7. The lowest BCUT2D eigenvalue weighted by atomic mass is 10.0. The van der Waals surface area contributed by atoms with Crippen molar-refractivity contribution in [1.82, 2.24) is 4.90 Å². The summed E-state index contributed by atoms with van der Waals surface area (Å²) in [7, 11) is 1.68. The van der Waals surface area contributed by atoms with Gasteiger partial charge in [0.05, 0.1) is 0 Å². The number of halogens is 2. The molecule has 6 heteroatoms. The van der Waals surface area contributed by atoms with E-state index in [4.69, 9.17) is 4.74 Å². The van der Waals surface area contributed by atoms with Crippen molar-refractivity contribution in [2.24, 2.45) is 0 Å². The van der Waals surface area contributed by atoms with Crippen LogP contribution in [0.15, 0.2) is 42.5 Å². The molecule has 0 unspecified atom stereocenters. The van der Waals surface area contributed by atoms with Crippen molar-refractivity contribution in [2.75, 3.05) is 13.7 Å². The second-order valence-corrected chi connectivity index (χ2v) is 6.76. The van der Waals surface area contributed by atoms with E-state index in [2.05, 4.69) is 18.6 Å². The van der Waals surface area contributed by atoms with Gasteiger partial charge in [0.1, 0.15) is 11.5 Å². The Kier molecular flexibility index (Phi) is 7.16. The van der Waals surface area contributed by atoms with Crippen molar-refractivity contribution in [3.05, 3.63) is 59.2 Å². The van der Waals surface area contributed by atoms with Crippen LogP contribution >= 0.6 is 0 Å². The summed E-state index contributed by atoms with van der Waals surface area (Å²) in [5.74, 6) is 0.938. The average molecular weight is 377 g/mol. The fraction of sp³-hybridized carbons (Fsp3) is 0.381. The van der Waals surface area contributed by atoms with Crippen molar-refractivity contribution < 1.29 is 23.0 Å². The van der Waals surface area contributed by atoms with Crippen LogP contribution in [-0.4, -0.2) is 31.1 Å². The Morgan fingerprint density at radius 2 is 1.78 bits per heavy atom. The van der Waals surface area contributed by atoms with Crippen LogP contribution in [0.25, 0.3) is 0 Å². The molecule has 0 N–H and O–H groups in total. The van der Waals surface area contributed by atoms with E-state index in [0.717, 1.165) is 22.4 Å². The highest BCUT2D eigenvalue weighted by molar-refractivity contribution is 5.77. The largest absolute Gasteiger partial charge is 0.483 e. The molecule has 2 aromatic rings. The van der Waals surface area contributed by atoms with Crippen molar-refractivity contribution in [3.63, 3.8) is 0 Å². The summed E-state index contributed by atoms with van der Waals surface area (Å²) >= 11 is 0. The molecule has 0 atom stereocenters. The summed E-state index contributed by atoms with van der Waals surface area (Å²) < 4.78 is 34.4. The Hall–Kier alpha value is -2.63. The molecule has 2 aromatic carbocycles. The third-order valence-corrected chi connectivity index (χ3v) is 4.14. The monoisotopic (exact) mass is 377 g/mol. The number of amides is 1. The van der Waals surface area contributed by atoms with E-state index in [1.54, 1.807) is 19.2 Å². The predicted molar refractivity (Wildman–Crippen MR) is 100 cm³/mol. The van der Waals surface area contributed by atoms with E-state index in [1.165, 1.54) is 17.0 Å². The topological polar surface area (TPSA) is 38.8 Å². The van der Waals surface area contributed by atoms with Crippen LogP contribution in [0.5, 0.6) is 11.5 Å². The highest BCUT2D eigenvalue weighted by Crippen LogP contribution is 2.27. The Bertz CT molecular complexity index is 761.